The van der Waals surface area contributed by atoms with Crippen molar-refractivity contribution < 1.29 is 9.72 Å². The molecule has 0 bridgehead atoms. The second kappa shape index (κ2) is 9.58. The van der Waals surface area contributed by atoms with Crippen LogP contribution in [-0.2, 0) is 6.54 Å². The number of hydrazone groups is 1. The fraction of sp³-hybridized carbons (Fsp3) is 0.259. The Labute approximate surface area is 203 Å². The van der Waals surface area contributed by atoms with Gasteiger partial charge >= 0.3 is 6.03 Å². The number of nitro groups is 1. The smallest absolute Gasteiger partial charge is 0.349 e. The van der Waals surface area contributed by atoms with E-state index in [1.54, 1.807) is 23.1 Å². The average molecular weight is 470 g/mol. The van der Waals surface area contributed by atoms with E-state index < -0.39 is 4.92 Å². The number of anilines is 3. The molecule has 0 aromatic heterocycles. The Hall–Kier alpha value is -4.20. The van der Waals surface area contributed by atoms with Crippen molar-refractivity contribution in [3.8, 4) is 0 Å². The van der Waals surface area contributed by atoms with Gasteiger partial charge in [0.25, 0.3) is 5.69 Å². The molecule has 8 nitrogen and oxygen atoms in total. The molecule has 35 heavy (non-hydrogen) atoms. The van der Waals surface area contributed by atoms with Crippen LogP contribution < -0.4 is 10.6 Å². The molecule has 1 fully saturated rings. The number of hydrogen-bond donors (Lipinski definition) is 1. The SMILES string of the molecule is Nc1ccc2c(c1)C(C1CCCCC1)=NN(Cc1ccccc1)C(=O)N2c1ccc([N+](=O)[O-])cc1. The number of urea groups is 1. The van der Waals surface area contributed by atoms with Gasteiger partial charge in [0, 0.05) is 29.3 Å². The molecule has 0 unspecified atom stereocenters. The summed E-state index contributed by atoms with van der Waals surface area (Å²) in [5, 5.41) is 17.7. The largest absolute Gasteiger partial charge is 0.399 e. The lowest BCUT2D eigenvalue weighted by Gasteiger charge is -2.27. The molecule has 8 heteroatoms. The predicted molar refractivity (Wildman–Crippen MR) is 137 cm³/mol. The Bertz CT molecular complexity index is 1270. The minimum atomic E-state index is -0.450. The van der Waals surface area contributed by atoms with Crippen LogP contribution in [0.3, 0.4) is 0 Å². The van der Waals surface area contributed by atoms with Crippen LogP contribution in [0, 0.1) is 16.0 Å². The van der Waals surface area contributed by atoms with Gasteiger partial charge in [-0.05, 0) is 48.7 Å². The average Bonchev–Trinajstić information content (AvgIpc) is 2.99. The minimum Gasteiger partial charge on any atom is -0.399 e. The van der Waals surface area contributed by atoms with Gasteiger partial charge in [0.2, 0.25) is 0 Å². The number of carbonyl (C=O) groups is 1. The van der Waals surface area contributed by atoms with Gasteiger partial charge in [-0.25, -0.2) is 9.80 Å². The first-order valence-corrected chi connectivity index (χ1v) is 11.9. The number of nitro benzene ring substituents is 1. The summed E-state index contributed by atoms with van der Waals surface area (Å²) < 4.78 is 0. The van der Waals surface area contributed by atoms with E-state index in [0.717, 1.165) is 42.5 Å². The Morgan fingerprint density at radius 2 is 1.69 bits per heavy atom. The summed E-state index contributed by atoms with van der Waals surface area (Å²) in [7, 11) is 0. The van der Waals surface area contributed by atoms with Crippen molar-refractivity contribution in [2.45, 2.75) is 38.6 Å². The lowest BCUT2D eigenvalue weighted by atomic mass is 9.82. The van der Waals surface area contributed by atoms with E-state index >= 15 is 0 Å². The first-order valence-electron chi connectivity index (χ1n) is 11.9. The molecule has 0 saturated heterocycles. The normalized spacial score (nSPS) is 16.5. The molecule has 2 amide bonds. The molecule has 3 aromatic rings. The van der Waals surface area contributed by atoms with Crippen LogP contribution in [0.4, 0.5) is 27.5 Å². The summed E-state index contributed by atoms with van der Waals surface area (Å²) in [5.41, 5.74) is 10.7. The molecule has 3 aromatic carbocycles. The van der Waals surface area contributed by atoms with Crippen LogP contribution in [-0.4, -0.2) is 21.7 Å². The first kappa shape index (κ1) is 22.6. The molecule has 1 saturated carbocycles. The van der Waals surface area contributed by atoms with Gasteiger partial charge < -0.3 is 5.73 Å². The molecule has 2 aliphatic rings. The number of amides is 2. The third-order valence-corrected chi connectivity index (χ3v) is 6.66. The highest BCUT2D eigenvalue weighted by molar-refractivity contribution is 6.14. The lowest BCUT2D eigenvalue weighted by molar-refractivity contribution is -0.384. The number of hydrogen-bond acceptors (Lipinski definition) is 5. The fourth-order valence-corrected chi connectivity index (χ4v) is 4.91. The number of fused-ring (bicyclic) bond motifs is 1. The molecular weight excluding hydrogens is 442 g/mol. The van der Waals surface area contributed by atoms with Crippen molar-refractivity contribution in [2.24, 2.45) is 11.0 Å². The predicted octanol–water partition coefficient (Wildman–Crippen LogP) is 6.24. The third kappa shape index (κ3) is 4.59. The van der Waals surface area contributed by atoms with E-state index in [4.69, 9.17) is 10.8 Å². The Balaban J connectivity index is 1.66. The van der Waals surface area contributed by atoms with Crippen molar-refractivity contribution in [3.05, 3.63) is 94.0 Å². The van der Waals surface area contributed by atoms with E-state index in [0.29, 0.717) is 23.6 Å². The monoisotopic (exact) mass is 469 g/mol. The van der Waals surface area contributed by atoms with E-state index in [1.807, 2.05) is 42.5 Å². The number of nitrogens with zero attached hydrogens (tertiary/aromatic N) is 4. The van der Waals surface area contributed by atoms with E-state index in [1.165, 1.54) is 23.6 Å². The Morgan fingerprint density at radius 1 is 0.971 bits per heavy atom. The van der Waals surface area contributed by atoms with Crippen LogP contribution in [0.2, 0.25) is 0 Å². The van der Waals surface area contributed by atoms with Crippen molar-refractivity contribution in [2.75, 3.05) is 10.6 Å². The number of rotatable bonds is 5. The number of nitrogens with two attached hydrogens (primary N) is 1. The highest BCUT2D eigenvalue weighted by atomic mass is 16.6. The van der Waals surface area contributed by atoms with Gasteiger partial charge in [-0.3, -0.25) is 15.0 Å². The molecule has 178 valence electrons. The zero-order valence-electron chi connectivity index (χ0n) is 19.3. The van der Waals surface area contributed by atoms with Gasteiger partial charge in [-0.1, -0.05) is 49.6 Å². The van der Waals surface area contributed by atoms with Gasteiger partial charge in [0.05, 0.1) is 28.6 Å². The highest BCUT2D eigenvalue weighted by Gasteiger charge is 2.34. The maximum atomic E-state index is 14.0. The van der Waals surface area contributed by atoms with Gasteiger partial charge in [-0.2, -0.15) is 5.10 Å². The summed E-state index contributed by atoms with van der Waals surface area (Å²) in [4.78, 5) is 26.4. The maximum absolute atomic E-state index is 14.0. The number of carbonyl (C=O) groups excluding carboxylic acids is 1. The van der Waals surface area contributed by atoms with Gasteiger partial charge in [-0.15, -0.1) is 0 Å². The molecule has 0 spiro atoms. The van der Waals surface area contributed by atoms with Gasteiger partial charge in [0.1, 0.15) is 0 Å². The molecule has 1 aliphatic heterocycles. The molecule has 5 rings (SSSR count). The summed E-state index contributed by atoms with van der Waals surface area (Å²) in [5.74, 6) is 0.229. The second-order valence-electron chi connectivity index (χ2n) is 9.03. The molecule has 2 N–H and O–H groups in total. The maximum Gasteiger partial charge on any atom is 0.349 e. The number of non-ortho nitro benzene ring substituents is 1. The van der Waals surface area contributed by atoms with Crippen LogP contribution in [0.5, 0.6) is 0 Å². The Kier molecular flexibility index (Phi) is 6.18. The minimum absolute atomic E-state index is 0.0335. The van der Waals surface area contributed by atoms with Crippen molar-refractivity contribution >= 4 is 34.5 Å². The molecule has 1 aliphatic carbocycles. The summed E-state index contributed by atoms with van der Waals surface area (Å²) >= 11 is 0. The van der Waals surface area contributed by atoms with E-state index in [-0.39, 0.29) is 17.6 Å². The Morgan fingerprint density at radius 3 is 2.37 bits per heavy atom. The van der Waals surface area contributed by atoms with Crippen molar-refractivity contribution in [3.63, 3.8) is 0 Å². The van der Waals surface area contributed by atoms with Crippen LogP contribution in [0.1, 0.15) is 43.2 Å². The van der Waals surface area contributed by atoms with Gasteiger partial charge in [0.15, 0.2) is 0 Å². The molecular formula is C27H27N5O3. The molecule has 0 atom stereocenters. The van der Waals surface area contributed by atoms with E-state index in [9.17, 15) is 14.9 Å². The molecule has 1 heterocycles. The standard InChI is InChI=1S/C27H27N5O3/c28-21-11-16-25-24(17-21)26(20-9-5-2-6-10-20)29-30(18-19-7-3-1-4-8-19)27(33)31(25)22-12-14-23(15-13-22)32(34)35/h1,3-4,7-8,11-17,20H,2,5-6,9-10,18,28H2. The second-order valence-corrected chi connectivity index (χ2v) is 9.03. The number of nitrogen functional groups attached to an aromatic ring is 1. The molecule has 0 radical (unpaired) electrons. The third-order valence-electron chi connectivity index (χ3n) is 6.66. The summed E-state index contributed by atoms with van der Waals surface area (Å²) in [6.07, 6.45) is 5.48. The quantitative estimate of drug-likeness (QED) is 0.271. The van der Waals surface area contributed by atoms with Crippen LogP contribution in [0.25, 0.3) is 0 Å². The van der Waals surface area contributed by atoms with Crippen molar-refractivity contribution in [1.29, 1.82) is 0 Å². The van der Waals surface area contributed by atoms with E-state index in [2.05, 4.69) is 0 Å². The number of benzene rings is 3. The first-order chi connectivity index (χ1) is 17.0. The van der Waals surface area contributed by atoms with Crippen LogP contribution >= 0.6 is 0 Å². The van der Waals surface area contributed by atoms with Crippen LogP contribution in [0.15, 0.2) is 77.9 Å². The zero-order valence-corrected chi connectivity index (χ0v) is 19.3. The summed E-state index contributed by atoms with van der Waals surface area (Å²) in [6, 6.07) is 21.0. The highest BCUT2D eigenvalue weighted by Crippen LogP contribution is 2.39. The lowest BCUT2D eigenvalue weighted by Crippen LogP contribution is -2.36. The summed E-state index contributed by atoms with van der Waals surface area (Å²) in [6.45, 7) is 0.308. The fourth-order valence-electron chi connectivity index (χ4n) is 4.91. The topological polar surface area (TPSA) is 105 Å². The van der Waals surface area contributed by atoms with Crippen molar-refractivity contribution in [1.82, 2.24) is 5.01 Å². The zero-order chi connectivity index (χ0) is 24.4.